The van der Waals surface area contributed by atoms with E-state index in [-0.39, 0.29) is 24.3 Å². The Morgan fingerprint density at radius 3 is 2.60 bits per heavy atom. The minimum absolute atomic E-state index is 0.0200. The van der Waals surface area contributed by atoms with E-state index in [4.69, 9.17) is 0 Å². The van der Waals surface area contributed by atoms with Crippen molar-refractivity contribution in [2.75, 3.05) is 6.54 Å². The van der Waals surface area contributed by atoms with Gasteiger partial charge in [0.15, 0.2) is 0 Å². The maximum atomic E-state index is 12.0. The Morgan fingerprint density at radius 1 is 1.04 bits per heavy atom. The molecule has 0 atom stereocenters. The number of hydrogen-bond acceptors (Lipinski definition) is 3. The fourth-order valence-corrected chi connectivity index (χ4v) is 3.18. The fourth-order valence-electron chi connectivity index (χ4n) is 3.18. The van der Waals surface area contributed by atoms with E-state index in [9.17, 15) is 9.59 Å². The van der Waals surface area contributed by atoms with Gasteiger partial charge in [0.2, 0.25) is 5.91 Å². The molecule has 2 aromatic carbocycles. The number of hydrazone groups is 1. The average molecular weight is 337 g/mol. The van der Waals surface area contributed by atoms with Gasteiger partial charge in [-0.15, -0.1) is 0 Å². The highest BCUT2D eigenvalue weighted by molar-refractivity contribution is 5.91. The van der Waals surface area contributed by atoms with E-state index in [0.717, 1.165) is 42.0 Å². The minimum Gasteiger partial charge on any atom is -0.347 e. The molecule has 25 heavy (non-hydrogen) atoms. The molecular formula is C20H23N3O2. The van der Waals surface area contributed by atoms with Crippen molar-refractivity contribution in [3.05, 3.63) is 48.0 Å². The lowest BCUT2D eigenvalue weighted by molar-refractivity contribution is -0.129. The minimum atomic E-state index is -0.318. The summed E-state index contributed by atoms with van der Waals surface area (Å²) < 4.78 is 0. The van der Waals surface area contributed by atoms with Gasteiger partial charge < -0.3 is 5.32 Å². The van der Waals surface area contributed by atoms with Crippen LogP contribution in [0.25, 0.3) is 10.8 Å². The predicted octanol–water partition coefficient (Wildman–Crippen LogP) is 2.99. The summed E-state index contributed by atoms with van der Waals surface area (Å²) in [6.07, 6.45) is 6.85. The first-order valence-corrected chi connectivity index (χ1v) is 8.81. The number of carbonyl (C=O) groups excluding carboxylic acids is 2. The highest BCUT2D eigenvalue weighted by atomic mass is 16.2. The largest absolute Gasteiger partial charge is 0.347 e. The number of rotatable bonds is 5. The van der Waals surface area contributed by atoms with Crippen molar-refractivity contribution >= 4 is 28.8 Å². The molecule has 1 fully saturated rings. The second kappa shape index (κ2) is 8.42. The molecular weight excluding hydrogens is 314 g/mol. The Hall–Kier alpha value is -2.69. The Balaban J connectivity index is 1.46. The summed E-state index contributed by atoms with van der Waals surface area (Å²) in [5.41, 5.74) is 3.36. The lowest BCUT2D eigenvalue weighted by Crippen LogP contribution is -2.38. The molecule has 2 amide bonds. The number of fused-ring (bicyclic) bond motifs is 1. The van der Waals surface area contributed by atoms with Gasteiger partial charge in [-0.3, -0.25) is 9.59 Å². The highest BCUT2D eigenvalue weighted by Crippen LogP contribution is 2.23. The molecule has 0 saturated heterocycles. The molecule has 0 bridgehead atoms. The van der Waals surface area contributed by atoms with Crippen molar-refractivity contribution in [3.8, 4) is 0 Å². The Kier molecular flexibility index (Phi) is 5.77. The van der Waals surface area contributed by atoms with Gasteiger partial charge in [-0.05, 0) is 35.2 Å². The van der Waals surface area contributed by atoms with Gasteiger partial charge in [0.1, 0.15) is 0 Å². The smallest absolute Gasteiger partial charge is 0.259 e. The first-order chi connectivity index (χ1) is 12.2. The molecule has 1 saturated carbocycles. The van der Waals surface area contributed by atoms with Gasteiger partial charge >= 0.3 is 0 Å². The van der Waals surface area contributed by atoms with E-state index in [1.54, 1.807) is 6.21 Å². The van der Waals surface area contributed by atoms with Gasteiger partial charge in [-0.25, -0.2) is 5.43 Å². The number of carbonyl (C=O) groups is 2. The quantitative estimate of drug-likeness (QED) is 0.650. The zero-order chi connectivity index (χ0) is 17.5. The van der Waals surface area contributed by atoms with Gasteiger partial charge in [0.25, 0.3) is 5.91 Å². The lowest BCUT2D eigenvalue weighted by atomic mass is 9.89. The average Bonchev–Trinajstić information content (AvgIpc) is 2.66. The van der Waals surface area contributed by atoms with E-state index in [2.05, 4.69) is 15.8 Å². The summed E-state index contributed by atoms with van der Waals surface area (Å²) in [6, 6.07) is 14.0. The first kappa shape index (κ1) is 17.1. The van der Waals surface area contributed by atoms with Crippen LogP contribution in [0.1, 0.15) is 37.7 Å². The van der Waals surface area contributed by atoms with Crippen LogP contribution in [0.2, 0.25) is 0 Å². The summed E-state index contributed by atoms with van der Waals surface area (Å²) in [6.45, 7) is -0.0373. The molecule has 0 radical (unpaired) electrons. The number of amides is 2. The van der Waals surface area contributed by atoms with E-state index in [1.807, 2.05) is 42.5 Å². The molecule has 1 aliphatic carbocycles. The summed E-state index contributed by atoms with van der Waals surface area (Å²) >= 11 is 0. The normalized spacial score (nSPS) is 15.4. The van der Waals surface area contributed by atoms with Crippen LogP contribution >= 0.6 is 0 Å². The number of benzene rings is 2. The second-order valence-electron chi connectivity index (χ2n) is 6.45. The first-order valence-electron chi connectivity index (χ1n) is 8.81. The Labute approximate surface area is 147 Å². The fraction of sp³-hybridized carbons (Fsp3) is 0.350. The predicted molar refractivity (Wildman–Crippen MR) is 99.3 cm³/mol. The van der Waals surface area contributed by atoms with Crippen LogP contribution < -0.4 is 10.7 Å². The molecule has 0 aromatic heterocycles. The molecule has 0 aliphatic heterocycles. The van der Waals surface area contributed by atoms with Gasteiger partial charge in [0, 0.05) is 5.92 Å². The van der Waals surface area contributed by atoms with Crippen molar-refractivity contribution in [1.29, 1.82) is 0 Å². The van der Waals surface area contributed by atoms with Crippen LogP contribution in [0.3, 0.4) is 0 Å². The molecule has 1 aliphatic rings. The molecule has 130 valence electrons. The highest BCUT2D eigenvalue weighted by Gasteiger charge is 2.21. The number of nitrogens with zero attached hydrogens (tertiary/aromatic N) is 1. The third-order valence-corrected chi connectivity index (χ3v) is 4.58. The van der Waals surface area contributed by atoms with Crippen LogP contribution in [0, 0.1) is 5.92 Å². The molecule has 5 nitrogen and oxygen atoms in total. The Bertz CT molecular complexity index is 779. The molecule has 0 heterocycles. The van der Waals surface area contributed by atoms with Crippen LogP contribution in [-0.2, 0) is 9.59 Å². The van der Waals surface area contributed by atoms with E-state index in [1.165, 1.54) is 6.42 Å². The monoisotopic (exact) mass is 337 g/mol. The number of hydrogen-bond donors (Lipinski definition) is 2. The van der Waals surface area contributed by atoms with Crippen molar-refractivity contribution in [2.45, 2.75) is 32.1 Å². The number of nitrogens with one attached hydrogen (secondary N) is 2. The lowest BCUT2D eigenvalue weighted by Gasteiger charge is -2.20. The summed E-state index contributed by atoms with van der Waals surface area (Å²) in [5, 5.41) is 8.95. The zero-order valence-corrected chi connectivity index (χ0v) is 14.2. The maximum Gasteiger partial charge on any atom is 0.259 e. The van der Waals surface area contributed by atoms with Crippen molar-refractivity contribution in [1.82, 2.24) is 10.7 Å². The van der Waals surface area contributed by atoms with Gasteiger partial charge in [0.05, 0.1) is 12.8 Å². The van der Waals surface area contributed by atoms with Gasteiger partial charge in [-0.1, -0.05) is 55.7 Å². The molecule has 5 heteroatoms. The molecule has 0 spiro atoms. The second-order valence-corrected chi connectivity index (χ2v) is 6.45. The van der Waals surface area contributed by atoms with Gasteiger partial charge in [-0.2, -0.15) is 5.10 Å². The van der Waals surface area contributed by atoms with Crippen molar-refractivity contribution in [3.63, 3.8) is 0 Å². The molecule has 3 rings (SSSR count). The molecule has 2 aromatic rings. The summed E-state index contributed by atoms with van der Waals surface area (Å²) in [5.74, 6) is -0.280. The topological polar surface area (TPSA) is 70.6 Å². The molecule has 0 unspecified atom stereocenters. The summed E-state index contributed by atoms with van der Waals surface area (Å²) in [4.78, 5) is 23.8. The van der Waals surface area contributed by atoms with Crippen LogP contribution in [0.4, 0.5) is 0 Å². The maximum absolute atomic E-state index is 12.0. The van der Waals surface area contributed by atoms with Crippen LogP contribution in [-0.4, -0.2) is 24.6 Å². The van der Waals surface area contributed by atoms with E-state index < -0.39 is 0 Å². The van der Waals surface area contributed by atoms with Crippen molar-refractivity contribution in [2.24, 2.45) is 11.0 Å². The van der Waals surface area contributed by atoms with Crippen LogP contribution in [0.15, 0.2) is 47.6 Å². The SMILES string of the molecule is O=C(CNC(=O)C1CCCCC1)NN=Cc1ccc2ccccc2c1. The Morgan fingerprint density at radius 2 is 1.80 bits per heavy atom. The standard InChI is InChI=1S/C20H23N3O2/c24-19(14-21-20(25)17-7-2-1-3-8-17)23-22-13-15-10-11-16-6-4-5-9-18(16)12-15/h4-6,9-13,17H,1-3,7-8,14H2,(H,21,25)(H,23,24). The van der Waals surface area contributed by atoms with Crippen molar-refractivity contribution < 1.29 is 9.59 Å². The third-order valence-electron chi connectivity index (χ3n) is 4.58. The zero-order valence-electron chi connectivity index (χ0n) is 14.2. The van der Waals surface area contributed by atoms with Crippen LogP contribution in [0.5, 0.6) is 0 Å². The van der Waals surface area contributed by atoms with E-state index >= 15 is 0 Å². The van der Waals surface area contributed by atoms with E-state index in [0.29, 0.717) is 0 Å². The molecule has 2 N–H and O–H groups in total. The summed E-state index contributed by atoms with van der Waals surface area (Å²) in [7, 11) is 0. The third kappa shape index (κ3) is 4.89.